The number of ether oxygens (including phenoxy) is 1. The number of benzene rings is 1. The average Bonchev–Trinajstić information content (AvgIpc) is 2.80. The quantitative estimate of drug-likeness (QED) is 0.876. The molecule has 118 valence electrons. The van der Waals surface area contributed by atoms with Crippen LogP contribution >= 0.6 is 11.3 Å². The summed E-state index contributed by atoms with van der Waals surface area (Å²) in [6, 6.07) is 7.37. The number of carbonyl (C=O) groups excluding carboxylic acids is 2. The molecule has 1 N–H and O–H groups in total. The zero-order valence-electron chi connectivity index (χ0n) is 11.5. The fourth-order valence-electron chi connectivity index (χ4n) is 1.82. The van der Waals surface area contributed by atoms with Gasteiger partial charge in [0, 0.05) is 4.70 Å². The summed E-state index contributed by atoms with van der Waals surface area (Å²) in [5, 5.41) is 2.54. The second-order valence-electron chi connectivity index (χ2n) is 4.52. The summed E-state index contributed by atoms with van der Waals surface area (Å²) in [7, 11) is 0. The Morgan fingerprint density at radius 1 is 1.27 bits per heavy atom. The van der Waals surface area contributed by atoms with E-state index >= 15 is 0 Å². The molecule has 8 heteroatoms. The summed E-state index contributed by atoms with van der Waals surface area (Å²) in [6.07, 6.45) is -4.50. The van der Waals surface area contributed by atoms with E-state index in [1.807, 2.05) is 24.3 Å². The van der Waals surface area contributed by atoms with E-state index in [2.05, 4.69) is 0 Å². The fraction of sp³-hybridized carbons (Fsp3) is 0.286. The van der Waals surface area contributed by atoms with Gasteiger partial charge < -0.3 is 10.1 Å². The maximum atomic E-state index is 11.9. The summed E-state index contributed by atoms with van der Waals surface area (Å²) in [6.45, 7) is -0.451. The van der Waals surface area contributed by atoms with Crippen molar-refractivity contribution in [2.45, 2.75) is 13.1 Å². The molecule has 0 radical (unpaired) electrons. The lowest BCUT2D eigenvalue weighted by Crippen LogP contribution is -2.36. The number of aryl methyl sites for hydroxylation is 1. The minimum absolute atomic E-state index is 0.338. The molecule has 1 heterocycles. The van der Waals surface area contributed by atoms with Crippen molar-refractivity contribution >= 4 is 33.3 Å². The van der Waals surface area contributed by atoms with E-state index in [1.165, 1.54) is 11.3 Å². The monoisotopic (exact) mass is 331 g/mol. The third-order valence-corrected chi connectivity index (χ3v) is 4.10. The average molecular weight is 331 g/mol. The normalized spacial score (nSPS) is 11.5. The van der Waals surface area contributed by atoms with Crippen LogP contribution in [0.2, 0.25) is 0 Å². The van der Waals surface area contributed by atoms with Gasteiger partial charge in [-0.15, -0.1) is 11.3 Å². The van der Waals surface area contributed by atoms with Gasteiger partial charge in [0.1, 0.15) is 11.4 Å². The van der Waals surface area contributed by atoms with E-state index in [9.17, 15) is 22.8 Å². The highest BCUT2D eigenvalue weighted by Gasteiger charge is 2.28. The highest BCUT2D eigenvalue weighted by molar-refractivity contribution is 7.21. The van der Waals surface area contributed by atoms with E-state index in [1.54, 1.807) is 12.2 Å². The third kappa shape index (κ3) is 3.97. The van der Waals surface area contributed by atoms with Gasteiger partial charge in [0.25, 0.3) is 5.91 Å². The van der Waals surface area contributed by atoms with Gasteiger partial charge in [0.2, 0.25) is 0 Å². The van der Waals surface area contributed by atoms with Gasteiger partial charge in [-0.25, -0.2) is 4.79 Å². The Bertz CT molecular complexity index is 709. The number of carbonyl (C=O) groups is 2. The molecule has 0 atom stereocenters. The molecule has 4 nitrogen and oxygen atoms in total. The number of fused-ring (bicyclic) bond motifs is 1. The maximum absolute atomic E-state index is 11.9. The van der Waals surface area contributed by atoms with Crippen LogP contribution in [0.1, 0.15) is 15.2 Å². The summed E-state index contributed by atoms with van der Waals surface area (Å²) in [5.74, 6) is -1.72. The van der Waals surface area contributed by atoms with Crippen LogP contribution in [0.3, 0.4) is 0 Å². The topological polar surface area (TPSA) is 55.4 Å². The number of hydrogen-bond donors (Lipinski definition) is 1. The SMILES string of the molecule is Cc1c(C(=O)OCC(=O)NCC(F)(F)F)sc2ccccc12. The molecule has 1 amide bonds. The van der Waals surface area contributed by atoms with Crippen molar-refractivity contribution in [3.63, 3.8) is 0 Å². The van der Waals surface area contributed by atoms with Crippen LogP contribution in [-0.2, 0) is 9.53 Å². The van der Waals surface area contributed by atoms with Crippen molar-refractivity contribution in [1.29, 1.82) is 0 Å². The highest BCUT2D eigenvalue weighted by atomic mass is 32.1. The van der Waals surface area contributed by atoms with Gasteiger partial charge in [-0.1, -0.05) is 18.2 Å². The summed E-state index contributed by atoms with van der Waals surface area (Å²) in [4.78, 5) is 23.5. The highest BCUT2D eigenvalue weighted by Crippen LogP contribution is 2.30. The lowest BCUT2D eigenvalue weighted by molar-refractivity contribution is -0.140. The second kappa shape index (κ2) is 6.35. The minimum Gasteiger partial charge on any atom is -0.451 e. The first-order valence-corrected chi connectivity index (χ1v) is 7.08. The molecule has 2 rings (SSSR count). The number of esters is 1. The van der Waals surface area contributed by atoms with Crippen molar-refractivity contribution in [3.05, 3.63) is 34.7 Å². The maximum Gasteiger partial charge on any atom is 0.405 e. The predicted octanol–water partition coefficient (Wildman–Crippen LogP) is 3.05. The van der Waals surface area contributed by atoms with Gasteiger partial charge in [-0.05, 0) is 23.9 Å². The first-order valence-electron chi connectivity index (χ1n) is 6.26. The molecular formula is C14H12F3NO3S. The molecule has 0 aliphatic heterocycles. The first kappa shape index (κ1) is 16.3. The van der Waals surface area contributed by atoms with E-state index in [0.29, 0.717) is 4.88 Å². The Morgan fingerprint density at radius 2 is 1.95 bits per heavy atom. The van der Waals surface area contributed by atoms with Crippen LogP contribution in [0.5, 0.6) is 0 Å². The van der Waals surface area contributed by atoms with E-state index in [4.69, 9.17) is 4.74 Å². The molecule has 0 unspecified atom stereocenters. The zero-order valence-corrected chi connectivity index (χ0v) is 12.3. The molecule has 0 aliphatic carbocycles. The molecule has 0 bridgehead atoms. The van der Waals surface area contributed by atoms with Crippen LogP contribution in [0.4, 0.5) is 13.2 Å². The number of thiophene rings is 1. The van der Waals surface area contributed by atoms with E-state index in [-0.39, 0.29) is 0 Å². The van der Waals surface area contributed by atoms with E-state index in [0.717, 1.165) is 15.6 Å². The summed E-state index contributed by atoms with van der Waals surface area (Å²) < 4.78 is 41.4. The molecule has 0 spiro atoms. The van der Waals surface area contributed by atoms with Crippen LogP contribution in [0, 0.1) is 6.92 Å². The molecule has 2 aromatic rings. The Labute approximate surface area is 127 Å². The summed E-state index contributed by atoms with van der Waals surface area (Å²) in [5.41, 5.74) is 0.723. The van der Waals surface area contributed by atoms with Crippen molar-refractivity contribution in [3.8, 4) is 0 Å². The second-order valence-corrected chi connectivity index (χ2v) is 5.57. The lowest BCUT2D eigenvalue weighted by Gasteiger charge is -2.08. The standard InChI is InChI=1S/C14H12F3NO3S/c1-8-9-4-2-3-5-10(9)22-12(8)13(20)21-6-11(19)18-7-14(15,16)17/h2-5H,6-7H2,1H3,(H,18,19). The van der Waals surface area contributed by atoms with Crippen LogP contribution < -0.4 is 5.32 Å². The molecule has 22 heavy (non-hydrogen) atoms. The molecular weight excluding hydrogens is 319 g/mol. The molecule has 1 aromatic carbocycles. The number of halogens is 3. The molecule has 0 fully saturated rings. The zero-order chi connectivity index (χ0) is 16.3. The van der Waals surface area contributed by atoms with Gasteiger partial charge in [0.15, 0.2) is 6.61 Å². The molecule has 1 aromatic heterocycles. The van der Waals surface area contributed by atoms with Gasteiger partial charge in [-0.3, -0.25) is 4.79 Å². The van der Waals surface area contributed by atoms with Crippen LogP contribution in [-0.4, -0.2) is 31.2 Å². The summed E-state index contributed by atoms with van der Waals surface area (Å²) >= 11 is 1.22. The van der Waals surface area contributed by atoms with Gasteiger partial charge >= 0.3 is 12.1 Å². The van der Waals surface area contributed by atoms with Crippen molar-refractivity contribution in [2.24, 2.45) is 0 Å². The minimum atomic E-state index is -4.50. The Balaban J connectivity index is 1.97. The first-order chi connectivity index (χ1) is 10.3. The number of alkyl halides is 3. The fourth-order valence-corrected chi connectivity index (χ4v) is 2.92. The van der Waals surface area contributed by atoms with Gasteiger partial charge in [-0.2, -0.15) is 13.2 Å². The smallest absolute Gasteiger partial charge is 0.405 e. The number of hydrogen-bond acceptors (Lipinski definition) is 4. The third-order valence-electron chi connectivity index (χ3n) is 2.85. The Hall–Kier alpha value is -2.09. The Kier molecular flexibility index (Phi) is 4.70. The molecule has 0 saturated carbocycles. The number of amides is 1. The molecule has 0 saturated heterocycles. The number of rotatable bonds is 4. The predicted molar refractivity (Wildman–Crippen MR) is 75.9 cm³/mol. The number of nitrogens with one attached hydrogen (secondary N) is 1. The van der Waals surface area contributed by atoms with Crippen LogP contribution in [0.15, 0.2) is 24.3 Å². The van der Waals surface area contributed by atoms with E-state index < -0.39 is 31.2 Å². The van der Waals surface area contributed by atoms with Gasteiger partial charge in [0.05, 0.1) is 0 Å². The molecule has 0 aliphatic rings. The van der Waals surface area contributed by atoms with Crippen molar-refractivity contribution in [1.82, 2.24) is 5.32 Å². The van der Waals surface area contributed by atoms with Crippen molar-refractivity contribution < 1.29 is 27.5 Å². The lowest BCUT2D eigenvalue weighted by atomic mass is 10.1. The van der Waals surface area contributed by atoms with Crippen molar-refractivity contribution in [2.75, 3.05) is 13.2 Å². The van der Waals surface area contributed by atoms with Crippen LogP contribution in [0.25, 0.3) is 10.1 Å². The largest absolute Gasteiger partial charge is 0.451 e. The Morgan fingerprint density at radius 3 is 2.59 bits per heavy atom.